The third-order valence-corrected chi connectivity index (χ3v) is 7.23. The zero-order chi connectivity index (χ0) is 23.7. The highest BCUT2D eigenvalue weighted by molar-refractivity contribution is 5.66. The highest BCUT2D eigenvalue weighted by Crippen LogP contribution is 2.38. The van der Waals surface area contributed by atoms with Gasteiger partial charge in [0.15, 0.2) is 11.5 Å². The summed E-state index contributed by atoms with van der Waals surface area (Å²) in [7, 11) is 0. The Morgan fingerprint density at radius 2 is 2.03 bits per heavy atom. The van der Waals surface area contributed by atoms with Gasteiger partial charge in [0.1, 0.15) is 12.2 Å². The largest absolute Gasteiger partial charge is 0.504 e. The van der Waals surface area contributed by atoms with Gasteiger partial charge in [-0.25, -0.2) is 0 Å². The van der Waals surface area contributed by atoms with Gasteiger partial charge in [0.05, 0.1) is 6.10 Å². The van der Waals surface area contributed by atoms with Gasteiger partial charge in [0.2, 0.25) is 0 Å². The van der Waals surface area contributed by atoms with Gasteiger partial charge >= 0.3 is 5.97 Å². The summed E-state index contributed by atoms with van der Waals surface area (Å²) in [6.45, 7) is 4.51. The van der Waals surface area contributed by atoms with Crippen molar-refractivity contribution in [2.75, 3.05) is 6.54 Å². The lowest BCUT2D eigenvalue weighted by Gasteiger charge is -2.39. The number of hydrogen-bond acceptors (Lipinski definition) is 6. The highest BCUT2D eigenvalue weighted by atomic mass is 16.5. The van der Waals surface area contributed by atoms with Crippen LogP contribution in [-0.2, 0) is 16.0 Å². The number of nitrogens with one attached hydrogen (secondary N) is 1. The molecule has 1 heterocycles. The molecular weight excluding hydrogens is 418 g/mol. The van der Waals surface area contributed by atoms with Crippen molar-refractivity contribution in [3.05, 3.63) is 23.8 Å². The summed E-state index contributed by atoms with van der Waals surface area (Å²) in [6, 6.07) is 5.50. The van der Waals surface area contributed by atoms with Crippen LogP contribution in [0.3, 0.4) is 0 Å². The Kier molecular flexibility index (Phi) is 9.87. The average Bonchev–Trinajstić information content (AvgIpc) is 3.21. The second-order valence-corrected chi connectivity index (χ2v) is 10.1. The fourth-order valence-electron chi connectivity index (χ4n) is 5.47. The molecule has 0 aromatic heterocycles. The van der Waals surface area contributed by atoms with Crippen LogP contribution in [0.4, 0.5) is 0 Å². The van der Waals surface area contributed by atoms with Crippen molar-refractivity contribution in [1.29, 1.82) is 0 Å². The van der Waals surface area contributed by atoms with Crippen molar-refractivity contribution >= 4 is 5.97 Å². The van der Waals surface area contributed by atoms with E-state index in [4.69, 9.17) is 9.47 Å². The molecule has 3 rings (SSSR count). The number of phenols is 1. The van der Waals surface area contributed by atoms with Crippen LogP contribution in [0.2, 0.25) is 0 Å². The number of esters is 1. The molecule has 3 atom stereocenters. The minimum Gasteiger partial charge on any atom is -0.504 e. The molecule has 0 bridgehead atoms. The predicted molar refractivity (Wildman–Crippen MR) is 130 cm³/mol. The third-order valence-electron chi connectivity index (χ3n) is 7.23. The van der Waals surface area contributed by atoms with E-state index in [0.29, 0.717) is 25.0 Å². The molecular formula is C27H43NO5. The number of unbranched alkanes of at least 4 members (excludes halogenated alkanes) is 2. The van der Waals surface area contributed by atoms with Gasteiger partial charge in [0, 0.05) is 25.3 Å². The van der Waals surface area contributed by atoms with Gasteiger partial charge in [0.25, 0.3) is 0 Å². The maximum Gasteiger partial charge on any atom is 0.302 e. The summed E-state index contributed by atoms with van der Waals surface area (Å²) < 4.78 is 11.8. The molecule has 1 aliphatic heterocycles. The number of piperidine rings is 1. The van der Waals surface area contributed by atoms with Crippen molar-refractivity contribution in [2.45, 2.75) is 121 Å². The summed E-state index contributed by atoms with van der Waals surface area (Å²) in [5.74, 6) is 0.388. The molecule has 1 spiro atoms. The van der Waals surface area contributed by atoms with Gasteiger partial charge in [-0.15, -0.1) is 0 Å². The van der Waals surface area contributed by atoms with Gasteiger partial charge in [-0.2, -0.15) is 0 Å². The molecule has 0 radical (unpaired) electrons. The Hall–Kier alpha value is -1.79. The van der Waals surface area contributed by atoms with Crippen LogP contribution in [0.1, 0.15) is 96.5 Å². The highest BCUT2D eigenvalue weighted by Gasteiger charge is 2.39. The van der Waals surface area contributed by atoms with E-state index in [2.05, 4.69) is 12.2 Å². The SMILES string of the molecule is CCCCC[C@H](O)C[C@@H](CCc1ccc(O)c(O[C@H]2CCNC3(CCCC3)C2)c1)OC(C)=O. The van der Waals surface area contributed by atoms with E-state index < -0.39 is 6.10 Å². The van der Waals surface area contributed by atoms with E-state index in [1.165, 1.54) is 32.6 Å². The number of ether oxygens (including phenoxy) is 2. The standard InChI is InChI=1S/C27H43NO5/c1-3-4-5-8-22(30)18-23(32-20(2)29)11-9-21-10-12-25(31)26(17-21)33-24-13-16-28-27(19-24)14-6-7-15-27/h10,12,17,22-24,28,30-31H,3-9,11,13-16,18-19H2,1-2H3/t22-,23+,24-/m0/s1. The summed E-state index contributed by atoms with van der Waals surface area (Å²) in [5.41, 5.74) is 1.25. The molecule has 1 aromatic carbocycles. The molecule has 6 nitrogen and oxygen atoms in total. The van der Waals surface area contributed by atoms with Crippen LogP contribution in [0.5, 0.6) is 11.5 Å². The van der Waals surface area contributed by atoms with Crippen LogP contribution >= 0.6 is 0 Å². The van der Waals surface area contributed by atoms with Crippen molar-refractivity contribution in [1.82, 2.24) is 5.32 Å². The summed E-state index contributed by atoms with van der Waals surface area (Å²) in [4.78, 5) is 11.6. The van der Waals surface area contributed by atoms with Gasteiger partial charge in [-0.3, -0.25) is 4.79 Å². The van der Waals surface area contributed by atoms with Gasteiger partial charge in [-0.1, -0.05) is 45.1 Å². The van der Waals surface area contributed by atoms with Crippen molar-refractivity contribution in [2.24, 2.45) is 0 Å². The van der Waals surface area contributed by atoms with Crippen molar-refractivity contribution < 1.29 is 24.5 Å². The van der Waals surface area contributed by atoms with E-state index in [1.807, 2.05) is 12.1 Å². The first kappa shape index (κ1) is 25.8. The van der Waals surface area contributed by atoms with E-state index >= 15 is 0 Å². The lowest BCUT2D eigenvalue weighted by molar-refractivity contribution is -0.148. The van der Waals surface area contributed by atoms with Crippen LogP contribution < -0.4 is 10.1 Å². The first-order valence-electron chi connectivity index (χ1n) is 13.0. The molecule has 0 amide bonds. The van der Waals surface area contributed by atoms with Crippen molar-refractivity contribution in [3.63, 3.8) is 0 Å². The topological polar surface area (TPSA) is 88.0 Å². The first-order valence-corrected chi connectivity index (χ1v) is 13.0. The Bertz CT molecular complexity index is 746. The Morgan fingerprint density at radius 1 is 1.24 bits per heavy atom. The van der Waals surface area contributed by atoms with Crippen LogP contribution in [0, 0.1) is 0 Å². The van der Waals surface area contributed by atoms with Gasteiger partial charge < -0.3 is 25.0 Å². The quantitative estimate of drug-likeness (QED) is 0.299. The molecule has 3 N–H and O–H groups in total. The molecule has 1 saturated carbocycles. The Labute approximate surface area is 199 Å². The molecule has 1 saturated heterocycles. The smallest absolute Gasteiger partial charge is 0.302 e. The number of phenolic OH excluding ortho intramolecular Hbond substituents is 1. The normalized spacial score (nSPS) is 21.6. The third kappa shape index (κ3) is 8.18. The number of carbonyl (C=O) groups excluding carboxylic acids is 1. The van der Waals surface area contributed by atoms with Gasteiger partial charge in [-0.05, 0) is 62.8 Å². The number of rotatable bonds is 12. The maximum absolute atomic E-state index is 11.6. The zero-order valence-electron chi connectivity index (χ0n) is 20.5. The molecule has 2 aliphatic rings. The predicted octanol–water partition coefficient (Wildman–Crippen LogP) is 5.03. The number of hydrogen-bond donors (Lipinski definition) is 3. The Balaban J connectivity index is 1.56. The minimum absolute atomic E-state index is 0.109. The van der Waals surface area contributed by atoms with E-state index in [1.54, 1.807) is 6.07 Å². The first-order chi connectivity index (χ1) is 15.9. The van der Waals surface area contributed by atoms with E-state index in [9.17, 15) is 15.0 Å². The molecule has 1 aliphatic carbocycles. The fourth-order valence-corrected chi connectivity index (χ4v) is 5.47. The number of aliphatic hydroxyl groups is 1. The number of benzene rings is 1. The summed E-state index contributed by atoms with van der Waals surface area (Å²) >= 11 is 0. The second kappa shape index (κ2) is 12.6. The lowest BCUT2D eigenvalue weighted by atomic mass is 9.86. The average molecular weight is 462 g/mol. The summed E-state index contributed by atoms with van der Waals surface area (Å²) in [6.07, 6.45) is 11.9. The number of aliphatic hydroxyl groups excluding tert-OH is 1. The maximum atomic E-state index is 11.6. The molecule has 2 fully saturated rings. The van der Waals surface area contributed by atoms with E-state index in [-0.39, 0.29) is 29.5 Å². The van der Waals surface area contributed by atoms with Crippen LogP contribution in [-0.4, -0.2) is 46.6 Å². The zero-order valence-corrected chi connectivity index (χ0v) is 20.5. The number of carbonyl (C=O) groups is 1. The second-order valence-electron chi connectivity index (χ2n) is 10.1. The van der Waals surface area contributed by atoms with Crippen LogP contribution in [0.15, 0.2) is 18.2 Å². The molecule has 33 heavy (non-hydrogen) atoms. The molecule has 186 valence electrons. The van der Waals surface area contributed by atoms with Crippen molar-refractivity contribution in [3.8, 4) is 11.5 Å². The minimum atomic E-state index is -0.456. The number of aryl methyl sites for hydroxylation is 1. The molecule has 0 unspecified atom stereocenters. The number of aromatic hydroxyl groups is 1. The molecule has 1 aromatic rings. The lowest BCUT2D eigenvalue weighted by Crippen LogP contribution is -2.51. The molecule has 6 heteroatoms. The Morgan fingerprint density at radius 3 is 2.76 bits per heavy atom. The van der Waals surface area contributed by atoms with E-state index in [0.717, 1.165) is 50.6 Å². The monoisotopic (exact) mass is 461 g/mol. The van der Waals surface area contributed by atoms with Crippen LogP contribution in [0.25, 0.3) is 0 Å². The summed E-state index contributed by atoms with van der Waals surface area (Å²) in [5, 5.41) is 24.5. The fraction of sp³-hybridized carbons (Fsp3) is 0.741.